The first-order valence-electron chi connectivity index (χ1n) is 16.7. The van der Waals surface area contributed by atoms with E-state index in [4.69, 9.17) is 41.3 Å². The summed E-state index contributed by atoms with van der Waals surface area (Å²) in [6.07, 6.45) is 7.25. The lowest BCUT2D eigenvalue weighted by atomic mass is 9.54. The topological polar surface area (TPSA) is 148 Å². The van der Waals surface area contributed by atoms with Crippen molar-refractivity contribution in [2.24, 2.45) is 35.3 Å². The molecule has 1 saturated heterocycles. The van der Waals surface area contributed by atoms with Crippen LogP contribution in [-0.2, 0) is 35.1 Å². The molecule has 11 nitrogen and oxygen atoms in total. The Labute approximate surface area is 295 Å². The van der Waals surface area contributed by atoms with Gasteiger partial charge in [-0.3, -0.25) is 24.1 Å². The van der Waals surface area contributed by atoms with Crippen molar-refractivity contribution in [3.63, 3.8) is 0 Å². The van der Waals surface area contributed by atoms with Crippen molar-refractivity contribution in [2.75, 3.05) is 20.8 Å². The zero-order chi connectivity index (χ0) is 35.0. The third-order valence-electron chi connectivity index (χ3n) is 10.3. The highest BCUT2D eigenvalue weighted by atomic mass is 32.2. The number of rotatable bonds is 13. The summed E-state index contributed by atoms with van der Waals surface area (Å²) in [7, 11) is 3.15. The molecular weight excluding hydrogens is 669 g/mol. The highest BCUT2D eigenvalue weighted by Crippen LogP contribution is 2.56. The number of furan rings is 1. The average molecular weight is 711 g/mol. The lowest BCUT2D eigenvalue weighted by molar-refractivity contribution is -0.164. The maximum Gasteiger partial charge on any atom is 0.312 e. The van der Waals surface area contributed by atoms with Crippen molar-refractivity contribution in [3.8, 4) is 22.8 Å². The van der Waals surface area contributed by atoms with Crippen molar-refractivity contribution in [2.45, 2.75) is 70.9 Å². The lowest BCUT2D eigenvalue weighted by Gasteiger charge is -2.56. The van der Waals surface area contributed by atoms with Gasteiger partial charge in [0, 0.05) is 30.7 Å². The van der Waals surface area contributed by atoms with Crippen molar-refractivity contribution in [1.29, 1.82) is 0 Å². The first-order valence-corrected chi connectivity index (χ1v) is 17.9. The van der Waals surface area contributed by atoms with Gasteiger partial charge in [-0.05, 0) is 99.3 Å². The van der Waals surface area contributed by atoms with Crippen LogP contribution in [-0.4, -0.2) is 65.9 Å². The molecule has 262 valence electrons. The van der Waals surface area contributed by atoms with Crippen molar-refractivity contribution in [3.05, 3.63) is 40.5 Å². The largest absolute Gasteiger partial charge is 0.497 e. The van der Waals surface area contributed by atoms with Crippen LogP contribution in [0.1, 0.15) is 63.7 Å². The van der Waals surface area contributed by atoms with Gasteiger partial charge >= 0.3 is 11.9 Å². The van der Waals surface area contributed by atoms with Gasteiger partial charge in [-0.1, -0.05) is 24.0 Å². The van der Waals surface area contributed by atoms with Gasteiger partial charge in [0.1, 0.15) is 33.3 Å². The highest BCUT2D eigenvalue weighted by Gasteiger charge is 2.53. The molecule has 1 aromatic carbocycles. The Morgan fingerprint density at radius 1 is 1.04 bits per heavy atom. The number of thiocarbonyl (C=S) groups is 1. The molecule has 5 fully saturated rings. The van der Waals surface area contributed by atoms with Gasteiger partial charge in [-0.25, -0.2) is 0 Å². The van der Waals surface area contributed by atoms with E-state index in [1.165, 1.54) is 50.8 Å². The number of carbonyl (C=O) groups is 4. The van der Waals surface area contributed by atoms with Crippen molar-refractivity contribution >= 4 is 58.1 Å². The van der Waals surface area contributed by atoms with E-state index in [-0.39, 0.29) is 18.6 Å². The summed E-state index contributed by atoms with van der Waals surface area (Å²) < 4.78 is 28.3. The number of hydrogen-bond donors (Lipinski definition) is 1. The van der Waals surface area contributed by atoms with Gasteiger partial charge in [0.05, 0.1) is 25.7 Å². The average Bonchev–Trinajstić information content (AvgIpc) is 3.59. The molecule has 2 heterocycles. The second kappa shape index (κ2) is 14.6. The molecule has 4 aliphatic carbocycles. The molecule has 13 heteroatoms. The minimum Gasteiger partial charge on any atom is -0.497 e. The Kier molecular flexibility index (Phi) is 10.4. The number of amides is 2. The van der Waals surface area contributed by atoms with Crippen LogP contribution in [0.2, 0.25) is 0 Å². The fraction of sp³-hybridized carbons (Fsp3) is 0.528. The minimum atomic E-state index is -1.43. The Balaban J connectivity index is 1.22. The van der Waals surface area contributed by atoms with E-state index < -0.39 is 29.9 Å². The summed E-state index contributed by atoms with van der Waals surface area (Å²) in [5.74, 6) is 1.30. The Hall–Kier alpha value is -3.84. The fourth-order valence-electron chi connectivity index (χ4n) is 8.30. The minimum absolute atomic E-state index is 0.0240. The van der Waals surface area contributed by atoms with Crippen molar-refractivity contribution < 1.29 is 42.5 Å². The molecule has 49 heavy (non-hydrogen) atoms. The van der Waals surface area contributed by atoms with Gasteiger partial charge in [-0.2, -0.15) is 0 Å². The molecule has 4 saturated carbocycles. The Morgan fingerprint density at radius 2 is 1.67 bits per heavy atom. The number of benzene rings is 1. The zero-order valence-corrected chi connectivity index (χ0v) is 29.7. The van der Waals surface area contributed by atoms with Crippen LogP contribution in [0.3, 0.4) is 0 Å². The molecule has 0 unspecified atom stereocenters. The lowest BCUT2D eigenvalue weighted by Crippen LogP contribution is -2.57. The van der Waals surface area contributed by atoms with E-state index >= 15 is 0 Å². The summed E-state index contributed by atoms with van der Waals surface area (Å²) in [6.45, 7) is 2.58. The second-order valence-corrected chi connectivity index (χ2v) is 15.2. The number of ether oxygens (including phenoxy) is 4. The van der Waals surface area contributed by atoms with E-state index in [1.807, 2.05) is 23.1 Å². The van der Waals surface area contributed by atoms with Gasteiger partial charge < -0.3 is 29.1 Å². The normalized spacial score (nSPS) is 26.2. The molecule has 4 bridgehead atoms. The number of carbonyl (C=O) groups excluding carboxylic acids is 4. The van der Waals surface area contributed by atoms with Gasteiger partial charge in [0.15, 0.2) is 6.10 Å². The van der Waals surface area contributed by atoms with E-state index in [0.717, 1.165) is 29.9 Å². The maximum absolute atomic E-state index is 14.0. The van der Waals surface area contributed by atoms with Crippen LogP contribution in [0.25, 0.3) is 17.4 Å². The molecule has 0 spiro atoms. The smallest absolute Gasteiger partial charge is 0.312 e. The van der Waals surface area contributed by atoms with Crippen LogP contribution >= 0.6 is 24.0 Å². The number of esters is 2. The number of hydrogen-bond acceptors (Lipinski definition) is 11. The first-order chi connectivity index (χ1) is 23.4. The SMILES string of the molecule is COc1cc(OC)cc(-c2cc(CCCOC(=O)[C@H](C)[C@@H](OC(C)=O)C(N)=O)c(/C=C3\SC(=S)N(C4C5CC6CC(C5)CC4C6)C3=O)o2)c1. The van der Waals surface area contributed by atoms with E-state index in [1.54, 1.807) is 26.4 Å². The van der Waals surface area contributed by atoms with E-state index in [9.17, 15) is 19.2 Å². The van der Waals surface area contributed by atoms with Crippen LogP contribution in [0.5, 0.6) is 11.5 Å². The number of thioether (sulfide) groups is 1. The molecular formula is C36H42N2O9S2. The predicted octanol–water partition coefficient (Wildman–Crippen LogP) is 5.52. The molecule has 5 aliphatic rings. The summed E-state index contributed by atoms with van der Waals surface area (Å²) in [6, 6.07) is 7.50. The van der Waals surface area contributed by atoms with Gasteiger partial charge in [-0.15, -0.1) is 0 Å². The summed E-state index contributed by atoms with van der Waals surface area (Å²) >= 11 is 7.15. The quantitative estimate of drug-likeness (QED) is 0.121. The molecule has 2 N–H and O–H groups in total. The monoisotopic (exact) mass is 710 g/mol. The number of nitrogens with zero attached hydrogens (tertiary/aromatic N) is 1. The number of nitrogens with two attached hydrogens (primary N) is 1. The molecule has 1 aromatic heterocycles. The Bertz CT molecular complexity index is 1630. The standard InChI is InChI=1S/C36H42N2O9S2/c1-18(32(33(37)40)46-19(2)39)35(42)45-7-5-6-22-15-28(23-13-26(43-3)16-27(14-23)44-4)47-29(22)17-30-34(41)38(36(48)49-30)31-24-9-20-8-21(11-24)12-25(31)10-20/h13-18,20-21,24-25,31-32H,5-12H2,1-4H3,(H2,37,40)/b30-17-/t18-,20?,21?,24?,25?,31?,32-/m1/s1. The van der Waals surface area contributed by atoms with Crippen molar-refractivity contribution in [1.82, 2.24) is 4.90 Å². The molecule has 2 atom stereocenters. The number of methoxy groups -OCH3 is 2. The summed E-state index contributed by atoms with van der Waals surface area (Å²) in [5.41, 5.74) is 6.86. The second-order valence-electron chi connectivity index (χ2n) is 13.6. The highest BCUT2D eigenvalue weighted by molar-refractivity contribution is 8.26. The third kappa shape index (κ3) is 7.38. The zero-order valence-electron chi connectivity index (χ0n) is 28.1. The molecule has 2 aromatic rings. The summed E-state index contributed by atoms with van der Waals surface area (Å²) in [5, 5.41) is 0. The van der Waals surface area contributed by atoms with E-state index in [2.05, 4.69) is 0 Å². The molecule has 7 rings (SSSR count). The third-order valence-corrected chi connectivity index (χ3v) is 11.6. The number of aryl methyl sites for hydroxylation is 1. The molecule has 2 amide bonds. The van der Waals surface area contributed by atoms with Crippen LogP contribution in [0.15, 0.2) is 33.6 Å². The van der Waals surface area contributed by atoms with Crippen LogP contribution in [0.4, 0.5) is 0 Å². The predicted molar refractivity (Wildman–Crippen MR) is 186 cm³/mol. The first kappa shape index (κ1) is 35.0. The van der Waals surface area contributed by atoms with Gasteiger partial charge in [0.25, 0.3) is 11.8 Å². The summed E-state index contributed by atoms with van der Waals surface area (Å²) in [4.78, 5) is 52.3. The fourth-order valence-corrected chi connectivity index (χ4v) is 9.62. The van der Waals surface area contributed by atoms with Gasteiger partial charge in [0.2, 0.25) is 0 Å². The number of primary amides is 1. The van der Waals surface area contributed by atoms with E-state index in [0.29, 0.717) is 56.9 Å². The van der Waals surface area contributed by atoms with Crippen LogP contribution in [0, 0.1) is 29.6 Å². The molecule has 0 radical (unpaired) electrons. The van der Waals surface area contributed by atoms with Crippen LogP contribution < -0.4 is 15.2 Å². The Morgan fingerprint density at radius 3 is 2.24 bits per heavy atom. The maximum atomic E-state index is 14.0. The molecule has 1 aliphatic heterocycles.